The summed E-state index contributed by atoms with van der Waals surface area (Å²) in [5, 5.41) is 3.28. The second kappa shape index (κ2) is 7.23. The molecule has 2 aliphatic rings. The fraction of sp³-hybridized carbons (Fsp3) is 1.00. The molecule has 1 heterocycles. The average molecular weight is 302 g/mol. The molecule has 118 valence electrons. The standard InChI is InChI=1S/C15H30N2O2S/c1-3-11-17(12-13-7-9-16-10-8-13)14-5-4-6-15(14)20(2,18)19/h13-16H,3-12H2,1-2H3. The molecule has 0 radical (unpaired) electrons. The maximum Gasteiger partial charge on any atom is 0.151 e. The third-order valence-corrected chi connectivity index (χ3v) is 6.55. The molecule has 0 aromatic heterocycles. The number of nitrogens with one attached hydrogen (secondary N) is 1. The Labute approximate surface area is 124 Å². The van der Waals surface area contributed by atoms with E-state index in [1.54, 1.807) is 0 Å². The van der Waals surface area contributed by atoms with Crippen LogP contribution in [0.2, 0.25) is 0 Å². The van der Waals surface area contributed by atoms with Crippen molar-refractivity contribution < 1.29 is 8.42 Å². The van der Waals surface area contributed by atoms with Gasteiger partial charge in [0.05, 0.1) is 5.25 Å². The highest BCUT2D eigenvalue weighted by Gasteiger charge is 2.38. The third kappa shape index (κ3) is 4.18. The highest BCUT2D eigenvalue weighted by molar-refractivity contribution is 7.91. The first kappa shape index (κ1) is 16.2. The van der Waals surface area contributed by atoms with E-state index in [0.717, 1.165) is 57.8 Å². The van der Waals surface area contributed by atoms with Crippen molar-refractivity contribution in [2.45, 2.75) is 56.7 Å². The molecule has 1 saturated heterocycles. The first-order chi connectivity index (χ1) is 9.52. The van der Waals surface area contributed by atoms with E-state index in [0.29, 0.717) is 0 Å². The lowest BCUT2D eigenvalue weighted by Crippen LogP contribution is -2.47. The lowest BCUT2D eigenvalue weighted by Gasteiger charge is -2.36. The summed E-state index contributed by atoms with van der Waals surface area (Å²) in [5.74, 6) is 0.739. The zero-order valence-electron chi connectivity index (χ0n) is 13.0. The summed E-state index contributed by atoms with van der Waals surface area (Å²) in [7, 11) is -2.91. The van der Waals surface area contributed by atoms with Crippen LogP contribution in [-0.2, 0) is 9.84 Å². The van der Waals surface area contributed by atoms with E-state index < -0.39 is 9.84 Å². The van der Waals surface area contributed by atoms with Crippen LogP contribution >= 0.6 is 0 Å². The first-order valence-corrected chi connectivity index (χ1v) is 10.1. The highest BCUT2D eigenvalue weighted by atomic mass is 32.2. The Kier molecular flexibility index (Phi) is 5.87. The van der Waals surface area contributed by atoms with Crippen LogP contribution in [0.5, 0.6) is 0 Å². The molecule has 1 aliphatic heterocycles. The van der Waals surface area contributed by atoms with Crippen molar-refractivity contribution in [3.63, 3.8) is 0 Å². The summed E-state index contributed by atoms with van der Waals surface area (Å²) >= 11 is 0. The second-order valence-electron chi connectivity index (χ2n) is 6.55. The van der Waals surface area contributed by atoms with Crippen LogP contribution in [0, 0.1) is 5.92 Å². The van der Waals surface area contributed by atoms with Gasteiger partial charge in [0.1, 0.15) is 0 Å². The van der Waals surface area contributed by atoms with Crippen molar-refractivity contribution >= 4 is 9.84 Å². The van der Waals surface area contributed by atoms with Crippen LogP contribution in [0.3, 0.4) is 0 Å². The van der Waals surface area contributed by atoms with E-state index in [1.807, 2.05) is 0 Å². The van der Waals surface area contributed by atoms with E-state index in [4.69, 9.17) is 0 Å². The minimum atomic E-state index is -2.91. The Bertz CT molecular complexity index is 391. The molecule has 4 nitrogen and oxygen atoms in total. The summed E-state index contributed by atoms with van der Waals surface area (Å²) in [5.41, 5.74) is 0. The van der Waals surface area contributed by atoms with Crippen molar-refractivity contribution in [1.82, 2.24) is 10.2 Å². The minimum Gasteiger partial charge on any atom is -0.317 e. The number of piperidine rings is 1. The number of rotatable bonds is 6. The van der Waals surface area contributed by atoms with Gasteiger partial charge in [0.2, 0.25) is 0 Å². The van der Waals surface area contributed by atoms with Crippen molar-refractivity contribution in [3.8, 4) is 0 Å². The summed E-state index contributed by atoms with van der Waals surface area (Å²) in [6.45, 7) is 6.56. The van der Waals surface area contributed by atoms with Crippen molar-refractivity contribution in [2.75, 3.05) is 32.4 Å². The summed E-state index contributed by atoms with van der Waals surface area (Å²) in [6.07, 6.45) is 7.98. The van der Waals surface area contributed by atoms with Gasteiger partial charge in [-0.25, -0.2) is 8.42 Å². The molecular formula is C15H30N2O2S. The van der Waals surface area contributed by atoms with Crippen LogP contribution in [0.25, 0.3) is 0 Å². The Morgan fingerprint density at radius 3 is 2.45 bits per heavy atom. The largest absolute Gasteiger partial charge is 0.317 e. The molecule has 2 fully saturated rings. The van der Waals surface area contributed by atoms with Gasteiger partial charge in [-0.3, -0.25) is 4.90 Å². The molecule has 0 aromatic rings. The summed E-state index contributed by atoms with van der Waals surface area (Å²) in [6, 6.07) is 0.264. The Morgan fingerprint density at radius 2 is 1.85 bits per heavy atom. The van der Waals surface area contributed by atoms with Gasteiger partial charge in [-0.1, -0.05) is 13.3 Å². The third-order valence-electron chi connectivity index (χ3n) is 4.90. The van der Waals surface area contributed by atoms with Gasteiger partial charge in [0.15, 0.2) is 9.84 Å². The molecule has 2 unspecified atom stereocenters. The van der Waals surface area contributed by atoms with Crippen LogP contribution in [0.1, 0.15) is 45.4 Å². The van der Waals surface area contributed by atoms with Crippen molar-refractivity contribution in [1.29, 1.82) is 0 Å². The summed E-state index contributed by atoms with van der Waals surface area (Å²) < 4.78 is 24.0. The predicted octanol–water partition coefficient (Wildman–Crippen LogP) is 1.66. The molecular weight excluding hydrogens is 272 g/mol. The average Bonchev–Trinajstić information content (AvgIpc) is 2.88. The van der Waals surface area contributed by atoms with Crippen molar-refractivity contribution in [3.05, 3.63) is 0 Å². The zero-order chi connectivity index (χ0) is 14.6. The summed E-state index contributed by atoms with van der Waals surface area (Å²) in [4.78, 5) is 2.49. The highest BCUT2D eigenvalue weighted by Crippen LogP contribution is 2.30. The number of hydrogen-bond acceptors (Lipinski definition) is 4. The van der Waals surface area contributed by atoms with Crippen molar-refractivity contribution in [2.24, 2.45) is 5.92 Å². The normalized spacial score (nSPS) is 29.1. The molecule has 1 aliphatic carbocycles. The molecule has 2 rings (SSSR count). The molecule has 1 N–H and O–H groups in total. The fourth-order valence-electron chi connectivity index (χ4n) is 3.90. The smallest absolute Gasteiger partial charge is 0.151 e. The van der Waals surface area contributed by atoms with Gasteiger partial charge >= 0.3 is 0 Å². The topological polar surface area (TPSA) is 49.4 Å². The molecule has 1 saturated carbocycles. The van der Waals surface area contributed by atoms with E-state index in [1.165, 1.54) is 19.1 Å². The van der Waals surface area contributed by atoms with Gasteiger partial charge in [0.25, 0.3) is 0 Å². The van der Waals surface area contributed by atoms with Gasteiger partial charge < -0.3 is 5.32 Å². The second-order valence-corrected chi connectivity index (χ2v) is 8.82. The van der Waals surface area contributed by atoms with E-state index in [-0.39, 0.29) is 11.3 Å². The predicted molar refractivity (Wildman–Crippen MR) is 83.7 cm³/mol. The number of hydrogen-bond donors (Lipinski definition) is 1. The Morgan fingerprint density at radius 1 is 1.15 bits per heavy atom. The Balaban J connectivity index is 2.02. The Hall–Kier alpha value is -0.130. The lowest BCUT2D eigenvalue weighted by molar-refractivity contribution is 0.154. The SMILES string of the molecule is CCCN(CC1CCNCC1)C1CCCC1S(C)(=O)=O. The quantitative estimate of drug-likeness (QED) is 0.811. The lowest BCUT2D eigenvalue weighted by atomic mass is 9.96. The maximum atomic E-state index is 12.0. The molecule has 0 amide bonds. The maximum absolute atomic E-state index is 12.0. The van der Waals surface area contributed by atoms with Crippen LogP contribution in [0.4, 0.5) is 0 Å². The van der Waals surface area contributed by atoms with Gasteiger partial charge in [-0.05, 0) is 57.7 Å². The molecule has 0 bridgehead atoms. The number of nitrogens with zero attached hydrogens (tertiary/aromatic N) is 1. The monoisotopic (exact) mass is 302 g/mol. The van der Waals surface area contributed by atoms with Crippen LogP contribution in [-0.4, -0.2) is 57.0 Å². The molecule has 20 heavy (non-hydrogen) atoms. The van der Waals surface area contributed by atoms with E-state index >= 15 is 0 Å². The van der Waals surface area contributed by atoms with E-state index in [9.17, 15) is 8.42 Å². The van der Waals surface area contributed by atoms with Gasteiger partial charge in [0, 0.05) is 18.8 Å². The minimum absolute atomic E-state index is 0.129. The van der Waals surface area contributed by atoms with Gasteiger partial charge in [-0.15, -0.1) is 0 Å². The van der Waals surface area contributed by atoms with Crippen LogP contribution < -0.4 is 5.32 Å². The van der Waals surface area contributed by atoms with Crippen LogP contribution in [0.15, 0.2) is 0 Å². The van der Waals surface area contributed by atoms with E-state index in [2.05, 4.69) is 17.1 Å². The zero-order valence-corrected chi connectivity index (χ0v) is 13.8. The van der Waals surface area contributed by atoms with Gasteiger partial charge in [-0.2, -0.15) is 0 Å². The molecule has 0 aromatic carbocycles. The number of sulfone groups is 1. The fourth-order valence-corrected chi connectivity index (χ4v) is 5.37. The first-order valence-electron chi connectivity index (χ1n) is 8.16. The molecule has 0 spiro atoms. The molecule has 5 heteroatoms. The molecule has 2 atom stereocenters.